The molecular formula is C56H80Cl4N8O15P2Si2. The molecule has 31 heteroatoms. The van der Waals surface area contributed by atoms with Crippen molar-refractivity contribution in [1.29, 1.82) is 0 Å². The number of hydrogen-bond donors (Lipinski definition) is 2. The molecule has 0 amide bonds. The Kier molecular flexibility index (Phi) is 23.9. The van der Waals surface area contributed by atoms with Gasteiger partial charge in [-0.2, -0.15) is 9.97 Å². The maximum Gasteiger partial charge on any atom is 0.338 e. The van der Waals surface area contributed by atoms with Gasteiger partial charge in [-0.05, 0) is 111 Å². The van der Waals surface area contributed by atoms with Crippen molar-refractivity contribution in [1.82, 2.24) is 39.0 Å². The number of fused-ring (bicyclic) bond motifs is 2. The topological polar surface area (TPSA) is 279 Å². The number of nitrogens with zero attached hydrogens (tertiary/aromatic N) is 8. The fourth-order valence-corrected chi connectivity index (χ4v) is 14.3. The highest BCUT2D eigenvalue weighted by molar-refractivity contribution is 7.53. The summed E-state index contributed by atoms with van der Waals surface area (Å²) in [6.07, 6.45) is -1.24. The number of benzene rings is 2. The number of aliphatic hydroxyl groups excluding tert-OH is 1. The van der Waals surface area contributed by atoms with E-state index >= 15 is 0 Å². The van der Waals surface area contributed by atoms with E-state index in [0.717, 1.165) is 6.66 Å². The van der Waals surface area contributed by atoms with Crippen molar-refractivity contribution < 1.29 is 70.1 Å². The van der Waals surface area contributed by atoms with Crippen molar-refractivity contribution >= 4 is 112 Å². The first-order chi connectivity index (χ1) is 40.3. The SMILES string of the molecule is CC(C)(C)[Si](C)(C)OC1[C@@H](CO)O[C@@H](n2cnc3c(Cl)nc(Cl)nc32)[C@@]1(C)COC(=O)c1ccccc1.CCOP(C)(=O)O.CCOP(C)(=O)OC[C@H]1O[C@@H](n2cnc3c(Cl)nc(Cl)nc32)[C@@](C)(COC(=O)c2ccccc2)C1O[Si](C)(C)C(C)(C)C. The third kappa shape index (κ3) is 17.4. The number of aromatic nitrogens is 8. The fourth-order valence-electron chi connectivity index (χ4n) is 9.20. The molecule has 0 spiro atoms. The van der Waals surface area contributed by atoms with Crippen LogP contribution in [0.3, 0.4) is 0 Å². The zero-order chi connectivity index (χ0) is 64.9. The Morgan fingerprint density at radius 3 is 1.36 bits per heavy atom. The molecule has 4 unspecified atom stereocenters. The number of ether oxygens (including phenoxy) is 4. The average Bonchev–Trinajstić information content (AvgIpc) is 1.61. The van der Waals surface area contributed by atoms with Gasteiger partial charge >= 0.3 is 27.1 Å². The van der Waals surface area contributed by atoms with Crippen molar-refractivity contribution in [2.24, 2.45) is 10.8 Å². The number of rotatable bonds is 20. The van der Waals surface area contributed by atoms with E-state index in [1.165, 1.54) is 19.3 Å². The molecule has 6 aromatic rings. The van der Waals surface area contributed by atoms with E-state index < -0.39 is 91.5 Å². The Morgan fingerprint density at radius 1 is 0.632 bits per heavy atom. The molecule has 2 aromatic carbocycles. The molecule has 2 aliphatic heterocycles. The second-order valence-electron chi connectivity index (χ2n) is 24.7. The monoisotopic (exact) mass is 1360 g/mol. The van der Waals surface area contributed by atoms with E-state index in [1.54, 1.807) is 71.5 Å². The van der Waals surface area contributed by atoms with Crippen LogP contribution in [0.25, 0.3) is 22.3 Å². The van der Waals surface area contributed by atoms with Crippen molar-refractivity contribution in [3.63, 3.8) is 0 Å². The molecule has 2 N–H and O–H groups in total. The highest BCUT2D eigenvalue weighted by Crippen LogP contribution is 2.54. The second-order valence-corrected chi connectivity index (χ2v) is 39.5. The van der Waals surface area contributed by atoms with Crippen LogP contribution in [0, 0.1) is 10.8 Å². The van der Waals surface area contributed by atoms with E-state index in [2.05, 4.69) is 102 Å². The number of carbonyl (C=O) groups is 2. The van der Waals surface area contributed by atoms with Crippen LogP contribution in [-0.2, 0) is 50.5 Å². The molecule has 0 aliphatic carbocycles. The van der Waals surface area contributed by atoms with Crippen molar-refractivity contribution in [3.05, 3.63) is 105 Å². The molecule has 0 bridgehead atoms. The summed E-state index contributed by atoms with van der Waals surface area (Å²) in [6, 6.07) is 17.5. The molecule has 2 fully saturated rings. The van der Waals surface area contributed by atoms with Crippen LogP contribution in [0.15, 0.2) is 73.3 Å². The first-order valence-corrected chi connectivity index (χ1v) is 39.3. The summed E-state index contributed by atoms with van der Waals surface area (Å²) in [7, 11) is -11.4. The van der Waals surface area contributed by atoms with Gasteiger partial charge in [0.2, 0.25) is 10.6 Å². The summed E-state index contributed by atoms with van der Waals surface area (Å²) in [4.78, 5) is 59.9. The average molecular weight is 1370 g/mol. The molecular weight excluding hydrogens is 1280 g/mol. The molecule has 8 rings (SSSR count). The first-order valence-electron chi connectivity index (χ1n) is 28.0. The maximum atomic E-state index is 13.2. The van der Waals surface area contributed by atoms with Gasteiger partial charge in [0, 0.05) is 13.3 Å². The zero-order valence-corrected chi connectivity index (χ0v) is 58.6. The minimum atomic E-state index is -3.38. The van der Waals surface area contributed by atoms with Gasteiger partial charge in [-0.25, -0.2) is 29.5 Å². The molecule has 4 aromatic heterocycles. The van der Waals surface area contributed by atoms with Gasteiger partial charge in [0.1, 0.15) is 48.9 Å². The summed E-state index contributed by atoms with van der Waals surface area (Å²) < 4.78 is 80.7. The van der Waals surface area contributed by atoms with Gasteiger partial charge in [0.15, 0.2) is 38.2 Å². The Bertz CT molecular complexity index is 3430. The summed E-state index contributed by atoms with van der Waals surface area (Å²) >= 11 is 24.9. The van der Waals surface area contributed by atoms with E-state index in [0.29, 0.717) is 40.1 Å². The largest absolute Gasteiger partial charge is 0.461 e. The lowest BCUT2D eigenvalue weighted by atomic mass is 9.83. The highest BCUT2D eigenvalue weighted by atomic mass is 35.5. The van der Waals surface area contributed by atoms with E-state index in [9.17, 15) is 23.8 Å². The Morgan fingerprint density at radius 2 is 1.01 bits per heavy atom. The van der Waals surface area contributed by atoms with E-state index in [-0.39, 0.29) is 64.0 Å². The van der Waals surface area contributed by atoms with Gasteiger partial charge in [-0.15, -0.1) is 0 Å². The Balaban J connectivity index is 0.000000252. The maximum absolute atomic E-state index is 13.2. The minimum absolute atomic E-state index is 0.0396. The summed E-state index contributed by atoms with van der Waals surface area (Å²) in [5, 5.41) is 10.2. The predicted octanol–water partition coefficient (Wildman–Crippen LogP) is 13.3. The summed E-state index contributed by atoms with van der Waals surface area (Å²) in [5.74, 6) is -0.965. The quantitative estimate of drug-likeness (QED) is 0.0236. The molecule has 87 heavy (non-hydrogen) atoms. The number of hydrogen-bond acceptors (Lipinski definition) is 20. The van der Waals surface area contributed by atoms with Crippen LogP contribution < -0.4 is 0 Å². The van der Waals surface area contributed by atoms with Crippen molar-refractivity contribution in [2.75, 3.05) is 53.0 Å². The smallest absolute Gasteiger partial charge is 0.338 e. The van der Waals surface area contributed by atoms with Gasteiger partial charge < -0.3 is 51.4 Å². The standard InChI is InChI=1S/C28H39Cl2N4O7PSi.C25H32Cl2N4O5Si.C3H9O3P/c1-9-38-42(6,36)39-15-19-21(41-43(7,8)27(2,3)4)28(5,16-37-24(35)18-13-11-10-12-14-18)25(40-19)34-17-31-20-22(29)32-26(30)33-23(20)34;1-24(2,3)37(5,6)36-18-16(12-32)35-22(31-14-28-17-19(26)29-23(27)30-20(17)31)25(18,4)13-34-21(33)15-10-8-7-9-11-15;1-3-6-7(2,4)5/h10-14,17,19,21,25H,9,15-16H2,1-8H3;7-11,14,16,18,22,32H,12-13H2,1-6H3;3H2,1-2H3,(H,4,5)/t19-,21?,25-,28+,42?;16-,18?,22-,25+;/m11./s1. The van der Waals surface area contributed by atoms with Crippen LogP contribution in [0.2, 0.25) is 57.1 Å². The van der Waals surface area contributed by atoms with Crippen molar-refractivity contribution in [2.45, 2.75) is 142 Å². The minimum Gasteiger partial charge on any atom is -0.461 e. The summed E-state index contributed by atoms with van der Waals surface area (Å²) in [5.41, 5.74) is 0.258. The van der Waals surface area contributed by atoms with Gasteiger partial charge in [0.05, 0.1) is 73.2 Å². The van der Waals surface area contributed by atoms with Crippen LogP contribution in [0.5, 0.6) is 0 Å². The molecule has 480 valence electrons. The number of imidazole rings is 2. The predicted molar refractivity (Wildman–Crippen MR) is 338 cm³/mol. The van der Waals surface area contributed by atoms with Crippen LogP contribution in [0.1, 0.15) is 102 Å². The van der Waals surface area contributed by atoms with Gasteiger partial charge in [-0.1, -0.05) is 101 Å². The van der Waals surface area contributed by atoms with E-state index in [1.807, 2.05) is 26.0 Å². The Labute approximate surface area is 530 Å². The van der Waals surface area contributed by atoms with Crippen molar-refractivity contribution in [3.8, 4) is 0 Å². The fraction of sp³-hybridized carbons (Fsp3) is 0.571. The number of carbonyl (C=O) groups excluding carboxylic acids is 2. The molecule has 23 nitrogen and oxygen atoms in total. The molecule has 0 saturated carbocycles. The lowest BCUT2D eigenvalue weighted by Gasteiger charge is -2.43. The molecule has 0 radical (unpaired) electrons. The third-order valence-electron chi connectivity index (χ3n) is 15.8. The Hall–Kier alpha value is -3.83. The van der Waals surface area contributed by atoms with E-state index in [4.69, 9.17) is 88.1 Å². The lowest BCUT2D eigenvalue weighted by Crippen LogP contribution is -2.52. The van der Waals surface area contributed by atoms with Crippen LogP contribution in [-0.4, -0.2) is 155 Å². The lowest BCUT2D eigenvalue weighted by molar-refractivity contribution is -0.0630. The molecule has 2 saturated heterocycles. The van der Waals surface area contributed by atoms with Gasteiger partial charge in [0.25, 0.3) is 0 Å². The number of esters is 2. The van der Waals surface area contributed by atoms with Crippen LogP contribution >= 0.6 is 61.6 Å². The number of aliphatic hydroxyl groups is 1. The normalized spacial score (nSPS) is 23.9. The second kappa shape index (κ2) is 28.8. The molecule has 2 aliphatic rings. The van der Waals surface area contributed by atoms with Gasteiger partial charge in [-0.3, -0.25) is 18.3 Å². The third-order valence-corrected chi connectivity index (χ3v) is 27.7. The summed E-state index contributed by atoms with van der Waals surface area (Å²) in [6.45, 7) is 31.1. The number of halogens is 4. The zero-order valence-electron chi connectivity index (χ0n) is 51.8. The highest BCUT2D eigenvalue weighted by Gasteiger charge is 2.61. The molecule has 10 atom stereocenters. The first kappa shape index (κ1) is 72.2. The van der Waals surface area contributed by atoms with Crippen LogP contribution in [0.4, 0.5) is 0 Å². The molecule has 6 heterocycles.